The minimum Gasteiger partial charge on any atom is -0.228 e. The molecular weight excluding hydrogens is 605 g/mol. The quantitative estimate of drug-likeness (QED) is 0.192. The lowest BCUT2D eigenvalue weighted by Crippen LogP contribution is -2.41. The smallest absolute Gasteiger partial charge is 0.160 e. The molecule has 0 atom stereocenters. The van der Waals surface area contributed by atoms with Crippen molar-refractivity contribution in [1.29, 1.82) is 0 Å². The summed E-state index contributed by atoms with van der Waals surface area (Å²) in [5.41, 5.74) is 16.5. The number of fused-ring (bicyclic) bond motifs is 10. The van der Waals surface area contributed by atoms with Gasteiger partial charge in [-0.1, -0.05) is 172 Å². The number of nitrogens with zero attached hydrogens (tertiary/aromatic N) is 2. The second-order valence-corrected chi connectivity index (χ2v) is 14.1. The maximum atomic E-state index is 5.22. The molecule has 0 radical (unpaired) electrons. The van der Waals surface area contributed by atoms with Crippen molar-refractivity contribution in [2.45, 2.75) is 24.7 Å². The van der Waals surface area contributed by atoms with Crippen LogP contribution < -0.4 is 0 Å². The molecule has 7 aromatic carbocycles. The molecule has 0 saturated heterocycles. The van der Waals surface area contributed by atoms with Crippen molar-refractivity contribution in [2.24, 2.45) is 0 Å². The summed E-state index contributed by atoms with van der Waals surface area (Å²) in [5, 5.41) is 1.05. The van der Waals surface area contributed by atoms with Gasteiger partial charge < -0.3 is 0 Å². The van der Waals surface area contributed by atoms with Gasteiger partial charge in [0.2, 0.25) is 0 Å². The van der Waals surface area contributed by atoms with Gasteiger partial charge in [-0.15, -0.1) is 0 Å². The maximum absolute atomic E-state index is 5.22. The van der Waals surface area contributed by atoms with Crippen LogP contribution in [0.1, 0.15) is 47.2 Å². The molecule has 0 amide bonds. The summed E-state index contributed by atoms with van der Waals surface area (Å²) in [6, 6.07) is 61.7. The van der Waals surface area contributed by atoms with Gasteiger partial charge in [0.05, 0.1) is 16.6 Å². The minimum atomic E-state index is -0.422. The number of hydrogen-bond donors (Lipinski definition) is 0. The molecule has 2 heteroatoms. The van der Waals surface area contributed by atoms with E-state index >= 15 is 0 Å². The Morgan fingerprint density at radius 1 is 0.400 bits per heavy atom. The van der Waals surface area contributed by atoms with Crippen molar-refractivity contribution in [3.63, 3.8) is 0 Å². The first-order chi connectivity index (χ1) is 24.6. The van der Waals surface area contributed by atoms with E-state index in [1.165, 1.54) is 55.6 Å². The molecule has 1 spiro atoms. The van der Waals surface area contributed by atoms with Crippen molar-refractivity contribution in [1.82, 2.24) is 9.97 Å². The summed E-state index contributed by atoms with van der Waals surface area (Å²) in [7, 11) is 0. The van der Waals surface area contributed by atoms with E-state index in [-0.39, 0.29) is 5.41 Å². The van der Waals surface area contributed by atoms with E-state index in [1.807, 2.05) is 6.07 Å². The van der Waals surface area contributed by atoms with Gasteiger partial charge in [0, 0.05) is 21.9 Å². The van der Waals surface area contributed by atoms with Gasteiger partial charge >= 0.3 is 0 Å². The maximum Gasteiger partial charge on any atom is 0.160 e. The highest BCUT2D eigenvalue weighted by Crippen LogP contribution is 2.63. The molecule has 1 aromatic heterocycles. The number of benzene rings is 7. The van der Waals surface area contributed by atoms with Crippen LogP contribution in [0.3, 0.4) is 0 Å². The van der Waals surface area contributed by atoms with Crippen LogP contribution in [0.5, 0.6) is 0 Å². The van der Waals surface area contributed by atoms with Crippen molar-refractivity contribution >= 4 is 10.9 Å². The third-order valence-electron chi connectivity index (χ3n) is 11.1. The van der Waals surface area contributed by atoms with Gasteiger partial charge in [0.15, 0.2) is 5.82 Å². The highest BCUT2D eigenvalue weighted by molar-refractivity contribution is 5.94. The summed E-state index contributed by atoms with van der Waals surface area (Å²) >= 11 is 0. The molecule has 0 bridgehead atoms. The molecule has 0 N–H and O–H groups in total. The Bertz CT molecular complexity index is 2590. The zero-order valence-corrected chi connectivity index (χ0v) is 28.1. The Kier molecular flexibility index (Phi) is 6.17. The number of para-hydroxylation sites is 1. The first-order valence-electron chi connectivity index (χ1n) is 17.4. The molecule has 50 heavy (non-hydrogen) atoms. The summed E-state index contributed by atoms with van der Waals surface area (Å²) in [4.78, 5) is 10.3. The summed E-state index contributed by atoms with van der Waals surface area (Å²) in [5.74, 6) is 0.730. The minimum absolute atomic E-state index is 0.254. The van der Waals surface area contributed by atoms with E-state index in [2.05, 4.69) is 178 Å². The molecule has 0 fully saturated rings. The second-order valence-electron chi connectivity index (χ2n) is 14.1. The fraction of sp³-hybridized carbons (Fsp3) is 0.0833. The second kappa shape index (κ2) is 10.7. The van der Waals surface area contributed by atoms with E-state index in [9.17, 15) is 0 Å². The lowest BCUT2D eigenvalue weighted by Gasteiger charge is -2.47. The highest BCUT2D eigenvalue weighted by atomic mass is 14.9. The van der Waals surface area contributed by atoms with Crippen molar-refractivity contribution in [3.05, 3.63) is 203 Å². The van der Waals surface area contributed by atoms with Crippen LogP contribution in [0.15, 0.2) is 170 Å². The molecule has 10 rings (SSSR count). The topological polar surface area (TPSA) is 25.8 Å². The van der Waals surface area contributed by atoms with E-state index in [0.29, 0.717) is 0 Å². The van der Waals surface area contributed by atoms with Gasteiger partial charge in [0.1, 0.15) is 0 Å². The molecule has 0 saturated carbocycles. The Balaban J connectivity index is 1.23. The monoisotopic (exact) mass is 638 g/mol. The number of rotatable bonds is 3. The lowest BCUT2D eigenvalue weighted by atomic mass is 9.54. The van der Waals surface area contributed by atoms with Crippen molar-refractivity contribution in [2.75, 3.05) is 0 Å². The van der Waals surface area contributed by atoms with Crippen LogP contribution in [-0.2, 0) is 10.8 Å². The summed E-state index contributed by atoms with van der Waals surface area (Å²) < 4.78 is 0. The van der Waals surface area contributed by atoms with Gasteiger partial charge in [-0.25, -0.2) is 9.97 Å². The van der Waals surface area contributed by atoms with E-state index in [0.717, 1.165) is 33.5 Å². The van der Waals surface area contributed by atoms with Gasteiger partial charge in [-0.05, 0) is 67.8 Å². The SMILES string of the molecule is CC1(C)c2ccccc2C2(c3ccccc3-c3ccccc32)c2cccc(-c3cccc(-c4nc(-c5ccccc5)c5ccccc5n4)c3)c21. The third kappa shape index (κ3) is 3.90. The van der Waals surface area contributed by atoms with Gasteiger partial charge in [-0.3, -0.25) is 0 Å². The van der Waals surface area contributed by atoms with E-state index in [1.54, 1.807) is 0 Å². The standard InChI is InChI=1S/C48H34N2/c1-47(2)40-26-11-12-27-41(40)48(38-24-9-6-20-35(38)36-21-7-10-25-39(36)48)42-28-15-23-34(44(42)47)32-18-14-19-33(30-32)46-49-43-29-13-8-22-37(43)45(50-46)31-16-4-3-5-17-31/h3-30H,1-2H3. The average Bonchev–Trinajstić information content (AvgIpc) is 3.48. The molecule has 236 valence electrons. The zero-order chi connectivity index (χ0) is 33.5. The third-order valence-corrected chi connectivity index (χ3v) is 11.1. The van der Waals surface area contributed by atoms with Gasteiger partial charge in [0.25, 0.3) is 0 Å². The molecule has 0 unspecified atom stereocenters. The largest absolute Gasteiger partial charge is 0.228 e. The molecule has 2 aliphatic carbocycles. The Labute approximate surface area is 292 Å². The van der Waals surface area contributed by atoms with Crippen LogP contribution >= 0.6 is 0 Å². The van der Waals surface area contributed by atoms with Gasteiger partial charge in [-0.2, -0.15) is 0 Å². The van der Waals surface area contributed by atoms with Crippen LogP contribution in [0.25, 0.3) is 55.8 Å². The molecule has 0 aliphatic heterocycles. The summed E-state index contributed by atoms with van der Waals surface area (Å²) in [6.45, 7) is 4.80. The molecule has 1 heterocycles. The average molecular weight is 639 g/mol. The van der Waals surface area contributed by atoms with E-state index < -0.39 is 5.41 Å². The number of aromatic nitrogens is 2. The Morgan fingerprint density at radius 3 is 1.70 bits per heavy atom. The predicted octanol–water partition coefficient (Wildman–Crippen LogP) is 11.6. The molecule has 2 nitrogen and oxygen atoms in total. The fourth-order valence-corrected chi connectivity index (χ4v) is 9.08. The highest BCUT2D eigenvalue weighted by Gasteiger charge is 2.53. The Hall–Kier alpha value is -6.12. The molecule has 2 aliphatic rings. The molecular formula is C48H34N2. The predicted molar refractivity (Wildman–Crippen MR) is 205 cm³/mol. The van der Waals surface area contributed by atoms with E-state index in [4.69, 9.17) is 9.97 Å². The van der Waals surface area contributed by atoms with Crippen molar-refractivity contribution in [3.8, 4) is 44.9 Å². The Morgan fingerprint density at radius 2 is 0.940 bits per heavy atom. The number of hydrogen-bond acceptors (Lipinski definition) is 2. The molecule has 8 aromatic rings. The van der Waals surface area contributed by atoms with Crippen LogP contribution in [-0.4, -0.2) is 9.97 Å². The first-order valence-corrected chi connectivity index (χ1v) is 17.4. The lowest BCUT2D eigenvalue weighted by molar-refractivity contribution is 0.565. The van der Waals surface area contributed by atoms with Crippen molar-refractivity contribution < 1.29 is 0 Å². The van der Waals surface area contributed by atoms with Crippen LogP contribution in [0.4, 0.5) is 0 Å². The summed E-state index contributed by atoms with van der Waals surface area (Å²) in [6.07, 6.45) is 0. The fourth-order valence-electron chi connectivity index (χ4n) is 9.08. The zero-order valence-electron chi connectivity index (χ0n) is 28.1. The normalized spacial score (nSPS) is 14.5. The first kappa shape index (κ1) is 28.9. The van der Waals surface area contributed by atoms with Crippen LogP contribution in [0, 0.1) is 0 Å². The van der Waals surface area contributed by atoms with Crippen LogP contribution in [0.2, 0.25) is 0 Å².